The molecule has 2 aromatic rings. The summed E-state index contributed by atoms with van der Waals surface area (Å²) in [6.45, 7) is 0. The predicted molar refractivity (Wildman–Crippen MR) is 77.8 cm³/mol. The highest BCUT2D eigenvalue weighted by molar-refractivity contribution is 14.1. The number of nitrogens with one attached hydrogen (secondary N) is 1. The first-order valence-electron chi connectivity index (χ1n) is 5.07. The fourth-order valence-corrected chi connectivity index (χ4v) is 2.25. The van der Waals surface area contributed by atoms with Crippen LogP contribution in [0, 0.1) is 3.57 Å². The van der Waals surface area contributed by atoms with Crippen LogP contribution in [0.25, 0.3) is 0 Å². The lowest BCUT2D eigenvalue weighted by Gasteiger charge is -2.05. The Morgan fingerprint density at radius 2 is 1.89 bits per heavy atom. The van der Waals surface area contributed by atoms with Crippen LogP contribution in [-0.2, 0) is 0 Å². The summed E-state index contributed by atoms with van der Waals surface area (Å²) < 4.78 is 5.82. The Hall–Kier alpha value is -1.54. The molecule has 0 aliphatic heterocycles. The van der Waals surface area contributed by atoms with Crippen molar-refractivity contribution in [2.45, 2.75) is 0 Å². The number of furan rings is 1. The van der Waals surface area contributed by atoms with Gasteiger partial charge in [-0.25, -0.2) is 4.79 Å². The summed E-state index contributed by atoms with van der Waals surface area (Å²) in [6.07, 6.45) is 0. The third kappa shape index (κ3) is 3.27. The quantitative estimate of drug-likeness (QED) is 0.785. The molecule has 2 N–H and O–H groups in total. The number of amides is 1. The van der Waals surface area contributed by atoms with Crippen molar-refractivity contribution in [3.05, 3.63) is 50.4 Å². The molecule has 1 aromatic carbocycles. The molecule has 0 bridgehead atoms. The Balaban J connectivity index is 2.18. The van der Waals surface area contributed by atoms with E-state index in [-0.39, 0.29) is 11.5 Å². The predicted octanol–water partition coefficient (Wildman–Crippen LogP) is 3.49. The zero-order valence-corrected chi connectivity index (χ0v) is 12.2. The molecule has 1 heterocycles. The Kier molecular flexibility index (Phi) is 4.11. The van der Waals surface area contributed by atoms with Gasteiger partial charge >= 0.3 is 5.97 Å². The van der Waals surface area contributed by atoms with Gasteiger partial charge in [0.15, 0.2) is 5.76 Å². The number of anilines is 1. The van der Waals surface area contributed by atoms with Crippen molar-refractivity contribution in [1.82, 2.24) is 0 Å². The summed E-state index contributed by atoms with van der Waals surface area (Å²) in [5.41, 5.74) is 0.431. The smallest absolute Gasteiger partial charge is 0.371 e. The molecule has 0 aliphatic rings. The van der Waals surface area contributed by atoms with Crippen molar-refractivity contribution in [3.63, 3.8) is 0 Å². The van der Waals surface area contributed by atoms with E-state index < -0.39 is 11.9 Å². The van der Waals surface area contributed by atoms with Crippen molar-refractivity contribution in [3.8, 4) is 0 Å². The molecule has 1 amide bonds. The molecule has 5 nitrogen and oxygen atoms in total. The minimum atomic E-state index is -1.23. The average Bonchev–Trinajstić information content (AvgIpc) is 2.82. The van der Waals surface area contributed by atoms with Gasteiger partial charge in [0.25, 0.3) is 5.91 Å². The monoisotopic (exact) mass is 391 g/mol. The topological polar surface area (TPSA) is 79.5 Å². The van der Waals surface area contributed by atoms with Crippen LogP contribution in [0.5, 0.6) is 0 Å². The molecule has 0 saturated carbocycles. The number of hydrogen-bond donors (Lipinski definition) is 2. The van der Waals surface area contributed by atoms with Crippen LogP contribution >= 0.6 is 34.2 Å². The molecule has 0 fully saturated rings. The molecule has 0 spiro atoms. The molecule has 0 radical (unpaired) electrons. The van der Waals surface area contributed by atoms with Crippen molar-refractivity contribution in [2.75, 3.05) is 5.32 Å². The van der Waals surface area contributed by atoms with E-state index in [2.05, 4.69) is 27.9 Å². The molecule has 7 heteroatoms. The molecule has 2 rings (SSSR count). The largest absolute Gasteiger partial charge is 0.475 e. The van der Waals surface area contributed by atoms with E-state index in [0.717, 1.165) is 3.57 Å². The van der Waals surface area contributed by atoms with Gasteiger partial charge in [0.05, 0.1) is 10.7 Å². The summed E-state index contributed by atoms with van der Waals surface area (Å²) in [5.74, 6) is -2.17. The summed E-state index contributed by atoms with van der Waals surface area (Å²) in [4.78, 5) is 22.5. The standard InChI is InChI=1S/C12H7ClINO4/c13-7-5-6(14)1-2-8(7)15-11(16)9-3-4-10(19-9)12(17)18/h1-5H,(H,15,16)(H,17,18). The number of rotatable bonds is 3. The van der Waals surface area contributed by atoms with Crippen molar-refractivity contribution in [2.24, 2.45) is 0 Å². The van der Waals surface area contributed by atoms with E-state index in [1.165, 1.54) is 12.1 Å². The number of carboxylic acid groups (broad SMARTS) is 1. The highest BCUT2D eigenvalue weighted by Crippen LogP contribution is 2.24. The van der Waals surface area contributed by atoms with Crippen molar-refractivity contribution < 1.29 is 19.1 Å². The Morgan fingerprint density at radius 1 is 1.21 bits per heavy atom. The van der Waals surface area contributed by atoms with Crippen LogP contribution in [0.3, 0.4) is 0 Å². The lowest BCUT2D eigenvalue weighted by molar-refractivity contribution is 0.0660. The maximum Gasteiger partial charge on any atom is 0.371 e. The number of carboxylic acids is 1. The third-order valence-corrected chi connectivity index (χ3v) is 3.20. The van der Waals surface area contributed by atoms with Crippen LogP contribution in [0.2, 0.25) is 5.02 Å². The van der Waals surface area contributed by atoms with Crippen LogP contribution in [0.1, 0.15) is 21.1 Å². The van der Waals surface area contributed by atoms with Gasteiger partial charge in [0.2, 0.25) is 5.76 Å². The summed E-state index contributed by atoms with van der Waals surface area (Å²) in [7, 11) is 0. The van der Waals surface area contributed by atoms with E-state index in [4.69, 9.17) is 21.1 Å². The minimum absolute atomic E-state index is 0.0907. The van der Waals surface area contributed by atoms with Crippen LogP contribution in [-0.4, -0.2) is 17.0 Å². The second-order valence-corrected chi connectivity index (χ2v) is 5.20. The van der Waals surface area contributed by atoms with E-state index in [1.54, 1.807) is 18.2 Å². The first-order valence-corrected chi connectivity index (χ1v) is 6.52. The second kappa shape index (κ2) is 5.62. The molecule has 19 heavy (non-hydrogen) atoms. The zero-order chi connectivity index (χ0) is 14.0. The molecule has 1 aromatic heterocycles. The van der Waals surface area contributed by atoms with Crippen molar-refractivity contribution >= 4 is 51.8 Å². The Labute approximate surface area is 126 Å². The number of hydrogen-bond acceptors (Lipinski definition) is 3. The Morgan fingerprint density at radius 3 is 2.47 bits per heavy atom. The lowest BCUT2D eigenvalue weighted by atomic mass is 10.3. The van der Waals surface area contributed by atoms with Crippen LogP contribution in [0.4, 0.5) is 5.69 Å². The summed E-state index contributed by atoms with van der Waals surface area (Å²) in [5, 5.41) is 11.6. The van der Waals surface area contributed by atoms with E-state index in [0.29, 0.717) is 10.7 Å². The SMILES string of the molecule is O=C(O)c1ccc(C(=O)Nc2ccc(I)cc2Cl)o1. The fourth-order valence-electron chi connectivity index (χ4n) is 1.35. The molecular formula is C12H7ClINO4. The van der Waals surface area contributed by atoms with Gasteiger partial charge in [-0.05, 0) is 52.9 Å². The number of carbonyl (C=O) groups is 2. The molecule has 98 valence electrons. The van der Waals surface area contributed by atoms with Gasteiger partial charge in [-0.1, -0.05) is 11.6 Å². The molecule has 0 aliphatic carbocycles. The van der Waals surface area contributed by atoms with E-state index in [9.17, 15) is 9.59 Å². The van der Waals surface area contributed by atoms with Crippen LogP contribution in [0.15, 0.2) is 34.7 Å². The summed E-state index contributed by atoms with van der Waals surface area (Å²) in [6, 6.07) is 7.64. The number of aromatic carboxylic acids is 1. The van der Waals surface area contributed by atoms with Gasteiger partial charge in [-0.15, -0.1) is 0 Å². The average molecular weight is 392 g/mol. The first-order chi connectivity index (χ1) is 8.97. The number of benzene rings is 1. The van der Waals surface area contributed by atoms with E-state index >= 15 is 0 Å². The molecule has 0 atom stereocenters. The van der Waals surface area contributed by atoms with E-state index in [1.807, 2.05) is 0 Å². The molecule has 0 saturated heterocycles. The molecular weight excluding hydrogens is 384 g/mol. The highest BCUT2D eigenvalue weighted by Gasteiger charge is 2.15. The normalized spacial score (nSPS) is 10.2. The maximum atomic E-state index is 11.8. The molecule has 0 unspecified atom stereocenters. The van der Waals surface area contributed by atoms with Gasteiger partial charge in [0, 0.05) is 3.57 Å². The Bertz CT molecular complexity index is 653. The third-order valence-electron chi connectivity index (χ3n) is 2.22. The fraction of sp³-hybridized carbons (Fsp3) is 0. The summed E-state index contributed by atoms with van der Waals surface area (Å²) >= 11 is 8.07. The van der Waals surface area contributed by atoms with Crippen LogP contribution < -0.4 is 5.32 Å². The van der Waals surface area contributed by atoms with Crippen molar-refractivity contribution in [1.29, 1.82) is 0 Å². The lowest BCUT2D eigenvalue weighted by Crippen LogP contribution is -2.11. The van der Waals surface area contributed by atoms with Gasteiger partial charge < -0.3 is 14.8 Å². The number of carbonyl (C=O) groups excluding carboxylic acids is 1. The number of halogens is 2. The second-order valence-electron chi connectivity index (χ2n) is 3.55. The van der Waals surface area contributed by atoms with Gasteiger partial charge in [-0.2, -0.15) is 0 Å². The maximum absolute atomic E-state index is 11.8. The zero-order valence-electron chi connectivity index (χ0n) is 9.31. The van der Waals surface area contributed by atoms with Gasteiger partial charge in [-0.3, -0.25) is 4.79 Å². The highest BCUT2D eigenvalue weighted by atomic mass is 127. The van der Waals surface area contributed by atoms with Gasteiger partial charge in [0.1, 0.15) is 0 Å². The minimum Gasteiger partial charge on any atom is -0.475 e. The first kappa shape index (κ1) is 13.9.